The number of hydrogen-bond acceptors (Lipinski definition) is 5. The number of benzene rings is 2. The van der Waals surface area contributed by atoms with Crippen LogP contribution in [0.15, 0.2) is 53.5 Å². The average molecular weight is 449 g/mol. The molecule has 0 fully saturated rings. The fraction of sp³-hybridized carbons (Fsp3) is 0.318. The van der Waals surface area contributed by atoms with Crippen LogP contribution in [0.25, 0.3) is 0 Å². The quantitative estimate of drug-likeness (QED) is 0.733. The van der Waals surface area contributed by atoms with E-state index < -0.39 is 29.7 Å². The van der Waals surface area contributed by atoms with Gasteiger partial charge in [-0.3, -0.25) is 14.5 Å². The molecule has 0 radical (unpaired) electrons. The summed E-state index contributed by atoms with van der Waals surface area (Å²) >= 11 is 0. The highest BCUT2D eigenvalue weighted by atomic mass is 19.4. The lowest BCUT2D eigenvalue weighted by Gasteiger charge is -2.30. The summed E-state index contributed by atoms with van der Waals surface area (Å²) < 4.78 is 53.1. The Kier molecular flexibility index (Phi) is 6.16. The van der Waals surface area contributed by atoms with Gasteiger partial charge in [-0.05, 0) is 32.0 Å². The molecule has 2 amide bonds. The van der Waals surface area contributed by atoms with Crippen LogP contribution in [-0.4, -0.2) is 54.7 Å². The molecule has 2 aromatic rings. The summed E-state index contributed by atoms with van der Waals surface area (Å²) in [5, 5.41) is 1.83. The van der Waals surface area contributed by atoms with Crippen LogP contribution in [0.5, 0.6) is 11.5 Å². The van der Waals surface area contributed by atoms with Crippen LogP contribution in [0.1, 0.15) is 29.8 Å². The SMILES string of the molecule is COc1ccc(C(=O)NC2(C(F)(F)F)N=C(c3ccccc3)N(C(C)C)C2=O)cc1OC. The molecule has 1 aliphatic rings. The Labute approximate surface area is 182 Å². The van der Waals surface area contributed by atoms with Crippen molar-refractivity contribution in [3.63, 3.8) is 0 Å². The normalized spacial score (nSPS) is 18.6. The number of carbonyl (C=O) groups is 2. The fourth-order valence-electron chi connectivity index (χ4n) is 3.35. The van der Waals surface area contributed by atoms with E-state index in [1.165, 1.54) is 32.4 Å². The van der Waals surface area contributed by atoms with Crippen LogP contribution < -0.4 is 14.8 Å². The van der Waals surface area contributed by atoms with Crippen molar-refractivity contribution in [2.75, 3.05) is 14.2 Å². The zero-order valence-electron chi connectivity index (χ0n) is 17.9. The molecule has 10 heteroatoms. The largest absolute Gasteiger partial charge is 0.493 e. The molecule has 3 rings (SSSR count). The molecule has 32 heavy (non-hydrogen) atoms. The fourth-order valence-corrected chi connectivity index (χ4v) is 3.35. The smallest absolute Gasteiger partial charge is 0.442 e. The van der Waals surface area contributed by atoms with Gasteiger partial charge in [-0.15, -0.1) is 0 Å². The Morgan fingerprint density at radius 3 is 2.22 bits per heavy atom. The lowest BCUT2D eigenvalue weighted by Crippen LogP contribution is -2.64. The first-order valence-corrected chi connectivity index (χ1v) is 9.66. The third-order valence-electron chi connectivity index (χ3n) is 4.93. The second-order valence-electron chi connectivity index (χ2n) is 7.30. The molecule has 1 atom stereocenters. The highest BCUT2D eigenvalue weighted by molar-refractivity contribution is 6.17. The van der Waals surface area contributed by atoms with Crippen LogP contribution in [0.4, 0.5) is 13.2 Å². The van der Waals surface area contributed by atoms with Crippen molar-refractivity contribution >= 4 is 17.6 Å². The third kappa shape index (κ3) is 3.88. The molecule has 0 spiro atoms. The third-order valence-corrected chi connectivity index (χ3v) is 4.93. The average Bonchev–Trinajstić information content (AvgIpc) is 3.07. The highest BCUT2D eigenvalue weighted by Crippen LogP contribution is 2.39. The van der Waals surface area contributed by atoms with Gasteiger partial charge in [0.1, 0.15) is 5.84 Å². The number of carbonyl (C=O) groups excluding carboxylic acids is 2. The molecule has 0 bridgehead atoms. The molecule has 0 saturated carbocycles. The molecule has 7 nitrogen and oxygen atoms in total. The van der Waals surface area contributed by atoms with E-state index in [2.05, 4.69) is 4.99 Å². The number of alkyl halides is 3. The van der Waals surface area contributed by atoms with Gasteiger partial charge in [0.15, 0.2) is 11.5 Å². The number of aliphatic imine (C=N–C) groups is 1. The van der Waals surface area contributed by atoms with Gasteiger partial charge in [-0.1, -0.05) is 30.3 Å². The summed E-state index contributed by atoms with van der Waals surface area (Å²) in [5.41, 5.74) is -3.30. The summed E-state index contributed by atoms with van der Waals surface area (Å²) in [7, 11) is 2.71. The van der Waals surface area contributed by atoms with E-state index in [4.69, 9.17) is 9.47 Å². The summed E-state index contributed by atoms with van der Waals surface area (Å²) in [6.07, 6.45) is -5.19. The topological polar surface area (TPSA) is 80.2 Å². The van der Waals surface area contributed by atoms with Crippen molar-refractivity contribution in [2.45, 2.75) is 31.7 Å². The molecule has 2 aromatic carbocycles. The first-order valence-electron chi connectivity index (χ1n) is 9.66. The molecule has 0 aliphatic carbocycles. The van der Waals surface area contributed by atoms with Crippen molar-refractivity contribution in [1.29, 1.82) is 0 Å². The van der Waals surface area contributed by atoms with Gasteiger partial charge in [-0.2, -0.15) is 13.2 Å². The number of ether oxygens (including phenoxy) is 2. The second kappa shape index (κ2) is 8.52. The maximum Gasteiger partial charge on any atom is 0.442 e. The Morgan fingerprint density at radius 1 is 1.06 bits per heavy atom. The van der Waals surface area contributed by atoms with Crippen LogP contribution in [-0.2, 0) is 4.79 Å². The van der Waals surface area contributed by atoms with E-state index in [0.717, 1.165) is 4.90 Å². The number of nitrogens with zero attached hydrogens (tertiary/aromatic N) is 2. The summed E-state index contributed by atoms with van der Waals surface area (Å²) in [4.78, 5) is 30.7. The predicted molar refractivity (Wildman–Crippen MR) is 111 cm³/mol. The Balaban J connectivity index is 2.10. The van der Waals surface area contributed by atoms with Crippen molar-refractivity contribution in [2.24, 2.45) is 4.99 Å². The maximum atomic E-state index is 14.3. The zero-order chi connectivity index (χ0) is 23.7. The highest BCUT2D eigenvalue weighted by Gasteiger charge is 2.67. The van der Waals surface area contributed by atoms with Crippen LogP contribution >= 0.6 is 0 Å². The number of amides is 2. The van der Waals surface area contributed by atoms with Gasteiger partial charge in [0.2, 0.25) is 0 Å². The van der Waals surface area contributed by atoms with Crippen molar-refractivity contribution < 1.29 is 32.2 Å². The molecule has 1 N–H and O–H groups in total. The number of amidine groups is 1. The first-order chi connectivity index (χ1) is 15.1. The van der Waals surface area contributed by atoms with Crippen molar-refractivity contribution in [3.05, 3.63) is 59.7 Å². The Morgan fingerprint density at radius 2 is 1.69 bits per heavy atom. The summed E-state index contributed by atoms with van der Waals surface area (Å²) in [6.45, 7) is 3.14. The van der Waals surface area contributed by atoms with Gasteiger partial charge in [0.25, 0.3) is 11.8 Å². The minimum Gasteiger partial charge on any atom is -0.493 e. The molecule has 1 unspecified atom stereocenters. The van der Waals surface area contributed by atoms with Gasteiger partial charge in [0, 0.05) is 17.2 Å². The van der Waals surface area contributed by atoms with E-state index in [1.54, 1.807) is 44.2 Å². The molecular formula is C22H22F3N3O4. The van der Waals surface area contributed by atoms with Gasteiger partial charge >= 0.3 is 11.8 Å². The molecule has 0 aromatic heterocycles. The molecule has 0 saturated heterocycles. The number of nitrogens with one attached hydrogen (secondary N) is 1. The van der Waals surface area contributed by atoms with E-state index in [9.17, 15) is 22.8 Å². The minimum absolute atomic E-state index is 0.149. The summed E-state index contributed by atoms with van der Waals surface area (Å²) in [5.74, 6) is -2.25. The van der Waals surface area contributed by atoms with Crippen LogP contribution in [0.2, 0.25) is 0 Å². The second-order valence-corrected chi connectivity index (χ2v) is 7.30. The number of methoxy groups -OCH3 is 2. The van der Waals surface area contributed by atoms with Crippen molar-refractivity contribution in [1.82, 2.24) is 10.2 Å². The molecular weight excluding hydrogens is 427 g/mol. The lowest BCUT2D eigenvalue weighted by atomic mass is 10.1. The monoisotopic (exact) mass is 449 g/mol. The van der Waals surface area contributed by atoms with E-state index in [1.807, 2.05) is 5.32 Å². The summed E-state index contributed by atoms with van der Waals surface area (Å²) in [6, 6.07) is 11.3. The zero-order valence-corrected chi connectivity index (χ0v) is 17.9. The minimum atomic E-state index is -5.19. The molecule has 1 heterocycles. The number of rotatable bonds is 6. The Bertz CT molecular complexity index is 1050. The standard InChI is InChI=1S/C22H22F3N3O4/c1-13(2)28-18(14-8-6-5-7-9-14)26-21(20(28)30,22(23,24)25)27-19(29)15-10-11-16(31-3)17(12-15)32-4/h5-13H,1-4H3,(H,27,29). The van der Waals surface area contributed by atoms with Gasteiger partial charge < -0.3 is 14.8 Å². The Hall–Kier alpha value is -3.56. The van der Waals surface area contributed by atoms with Crippen LogP contribution in [0.3, 0.4) is 0 Å². The van der Waals surface area contributed by atoms with E-state index in [0.29, 0.717) is 11.3 Å². The molecule has 1 aliphatic heterocycles. The van der Waals surface area contributed by atoms with Crippen LogP contribution in [0, 0.1) is 0 Å². The van der Waals surface area contributed by atoms with E-state index in [-0.39, 0.29) is 17.1 Å². The molecule has 170 valence electrons. The van der Waals surface area contributed by atoms with Gasteiger partial charge in [-0.25, -0.2) is 4.99 Å². The number of hydrogen-bond donors (Lipinski definition) is 1. The predicted octanol–water partition coefficient (Wildman–Crippen LogP) is 3.39. The van der Waals surface area contributed by atoms with Crippen molar-refractivity contribution in [3.8, 4) is 11.5 Å². The lowest BCUT2D eigenvalue weighted by molar-refractivity contribution is -0.196. The number of halogens is 3. The van der Waals surface area contributed by atoms with E-state index >= 15 is 0 Å². The maximum absolute atomic E-state index is 14.3. The first kappa shape index (κ1) is 23.1. The van der Waals surface area contributed by atoms with Gasteiger partial charge in [0.05, 0.1) is 14.2 Å².